The Kier molecular flexibility index (Phi) is 7.50. The van der Waals surface area contributed by atoms with Crippen LogP contribution < -0.4 is 19.7 Å². The summed E-state index contributed by atoms with van der Waals surface area (Å²) in [5.74, 6) is 1.00. The van der Waals surface area contributed by atoms with Crippen LogP contribution in [0.15, 0.2) is 42.5 Å². The molecular weight excluding hydrogens is 418 g/mol. The quantitative estimate of drug-likeness (QED) is 0.660. The predicted octanol–water partition coefficient (Wildman–Crippen LogP) is 3.87. The van der Waals surface area contributed by atoms with E-state index in [1.165, 1.54) is 24.8 Å². The molecule has 1 fully saturated rings. The molecule has 2 aromatic rings. The molecule has 0 radical (unpaired) electrons. The summed E-state index contributed by atoms with van der Waals surface area (Å²) in [5, 5.41) is 2.87. The molecule has 1 N–H and O–H groups in total. The molecular formula is C26H33N3O4. The summed E-state index contributed by atoms with van der Waals surface area (Å²) in [6, 6.07) is 13.1. The van der Waals surface area contributed by atoms with E-state index in [1.54, 1.807) is 17.9 Å². The van der Waals surface area contributed by atoms with Gasteiger partial charge in [0.15, 0.2) is 12.7 Å². The zero-order valence-electron chi connectivity index (χ0n) is 19.5. The van der Waals surface area contributed by atoms with Crippen LogP contribution in [0.1, 0.15) is 38.7 Å². The van der Waals surface area contributed by atoms with E-state index in [9.17, 15) is 9.59 Å². The van der Waals surface area contributed by atoms with Crippen molar-refractivity contribution in [2.75, 3.05) is 43.0 Å². The van der Waals surface area contributed by atoms with Crippen molar-refractivity contribution in [2.24, 2.45) is 0 Å². The Morgan fingerprint density at radius 3 is 2.58 bits per heavy atom. The number of benzene rings is 2. The third-order valence-electron chi connectivity index (χ3n) is 6.24. The van der Waals surface area contributed by atoms with Gasteiger partial charge in [0.05, 0.1) is 5.69 Å². The van der Waals surface area contributed by atoms with Gasteiger partial charge in [-0.3, -0.25) is 9.59 Å². The van der Waals surface area contributed by atoms with Crippen LogP contribution in [0.2, 0.25) is 0 Å². The first kappa shape index (κ1) is 23.1. The molecule has 33 heavy (non-hydrogen) atoms. The minimum atomic E-state index is -0.521. The Bertz CT molecular complexity index is 970. The van der Waals surface area contributed by atoms with E-state index < -0.39 is 6.10 Å². The van der Waals surface area contributed by atoms with E-state index in [2.05, 4.69) is 17.1 Å². The van der Waals surface area contributed by atoms with Gasteiger partial charge in [-0.25, -0.2) is 0 Å². The molecule has 2 heterocycles. The van der Waals surface area contributed by atoms with E-state index in [4.69, 9.17) is 9.47 Å². The summed E-state index contributed by atoms with van der Waals surface area (Å²) in [5.41, 5.74) is 2.53. The molecule has 7 nitrogen and oxygen atoms in total. The molecule has 1 atom stereocenters. The van der Waals surface area contributed by atoms with Crippen molar-refractivity contribution < 1.29 is 19.1 Å². The summed E-state index contributed by atoms with van der Waals surface area (Å²) in [4.78, 5) is 29.5. The first-order valence-corrected chi connectivity index (χ1v) is 11.9. The fraction of sp³-hybridized carbons (Fsp3) is 0.462. The zero-order valence-corrected chi connectivity index (χ0v) is 19.5. The van der Waals surface area contributed by atoms with Gasteiger partial charge in [-0.05, 0) is 75.2 Å². The fourth-order valence-electron chi connectivity index (χ4n) is 4.31. The topological polar surface area (TPSA) is 71.1 Å². The number of carbonyl (C=O) groups excluding carboxylic acids is 2. The number of hydrogen-bond donors (Lipinski definition) is 1. The van der Waals surface area contributed by atoms with Crippen LogP contribution in [0.25, 0.3) is 0 Å². The van der Waals surface area contributed by atoms with Crippen molar-refractivity contribution in [3.05, 3.63) is 48.0 Å². The van der Waals surface area contributed by atoms with Crippen molar-refractivity contribution in [1.29, 1.82) is 0 Å². The van der Waals surface area contributed by atoms with Gasteiger partial charge in [0.2, 0.25) is 0 Å². The average molecular weight is 452 g/mol. The van der Waals surface area contributed by atoms with Gasteiger partial charge in [0, 0.05) is 18.8 Å². The van der Waals surface area contributed by atoms with Crippen molar-refractivity contribution >= 4 is 23.2 Å². The van der Waals surface area contributed by atoms with Gasteiger partial charge < -0.3 is 24.6 Å². The maximum atomic E-state index is 12.9. The van der Waals surface area contributed by atoms with E-state index in [0.29, 0.717) is 29.4 Å². The molecule has 4 rings (SSSR count). The molecule has 2 aliphatic heterocycles. The van der Waals surface area contributed by atoms with Gasteiger partial charge in [0.1, 0.15) is 11.5 Å². The SMILES string of the molecule is CCc1ccc(OCC(=O)Nc2ccc3c(c2)N(CCN2CCCCC2)C(=O)C(C)O3)cc1. The van der Waals surface area contributed by atoms with E-state index in [0.717, 1.165) is 26.1 Å². The number of ether oxygens (including phenoxy) is 2. The summed E-state index contributed by atoms with van der Waals surface area (Å²) in [6.45, 7) is 7.38. The lowest BCUT2D eigenvalue weighted by atomic mass is 10.1. The maximum Gasteiger partial charge on any atom is 0.267 e. The number of rotatable bonds is 8. The minimum Gasteiger partial charge on any atom is -0.484 e. The van der Waals surface area contributed by atoms with Crippen LogP contribution in [0.3, 0.4) is 0 Å². The molecule has 2 aromatic carbocycles. The number of hydrogen-bond acceptors (Lipinski definition) is 5. The molecule has 176 valence electrons. The third kappa shape index (κ3) is 5.85. The molecule has 0 saturated carbocycles. The van der Waals surface area contributed by atoms with Crippen molar-refractivity contribution in [2.45, 2.75) is 45.6 Å². The number of piperidine rings is 1. The summed E-state index contributed by atoms with van der Waals surface area (Å²) < 4.78 is 11.4. The summed E-state index contributed by atoms with van der Waals surface area (Å²) in [7, 11) is 0. The highest BCUT2D eigenvalue weighted by atomic mass is 16.5. The lowest BCUT2D eigenvalue weighted by molar-refractivity contribution is -0.125. The van der Waals surface area contributed by atoms with Crippen LogP contribution in [0.5, 0.6) is 11.5 Å². The largest absolute Gasteiger partial charge is 0.484 e. The monoisotopic (exact) mass is 451 g/mol. The Hall–Kier alpha value is -3.06. The molecule has 7 heteroatoms. The van der Waals surface area contributed by atoms with Gasteiger partial charge in [-0.2, -0.15) is 0 Å². The van der Waals surface area contributed by atoms with Crippen molar-refractivity contribution in [3.63, 3.8) is 0 Å². The number of aryl methyl sites for hydroxylation is 1. The van der Waals surface area contributed by atoms with Crippen LogP contribution in [0, 0.1) is 0 Å². The number of amides is 2. The number of likely N-dealkylation sites (tertiary alicyclic amines) is 1. The van der Waals surface area contributed by atoms with Gasteiger partial charge in [-0.15, -0.1) is 0 Å². The van der Waals surface area contributed by atoms with Crippen molar-refractivity contribution in [3.8, 4) is 11.5 Å². The van der Waals surface area contributed by atoms with E-state index in [-0.39, 0.29) is 18.4 Å². The van der Waals surface area contributed by atoms with Gasteiger partial charge in [0.25, 0.3) is 11.8 Å². The molecule has 0 bridgehead atoms. The van der Waals surface area contributed by atoms with Gasteiger partial charge >= 0.3 is 0 Å². The first-order chi connectivity index (χ1) is 16.0. The normalized spacial score (nSPS) is 18.4. The Morgan fingerprint density at radius 1 is 1.09 bits per heavy atom. The number of nitrogens with zero attached hydrogens (tertiary/aromatic N) is 2. The molecule has 1 unspecified atom stereocenters. The van der Waals surface area contributed by atoms with Crippen LogP contribution in [-0.4, -0.2) is 55.6 Å². The Balaban J connectivity index is 1.39. The number of carbonyl (C=O) groups is 2. The maximum absolute atomic E-state index is 12.9. The molecule has 0 spiro atoms. The molecule has 1 saturated heterocycles. The lowest BCUT2D eigenvalue weighted by Crippen LogP contribution is -2.48. The molecule has 2 aliphatic rings. The summed E-state index contributed by atoms with van der Waals surface area (Å²) >= 11 is 0. The molecule has 0 aromatic heterocycles. The van der Waals surface area contributed by atoms with E-state index >= 15 is 0 Å². The second kappa shape index (κ2) is 10.7. The highest BCUT2D eigenvalue weighted by Gasteiger charge is 2.32. The molecule has 2 amide bonds. The fourth-order valence-corrected chi connectivity index (χ4v) is 4.31. The molecule has 0 aliphatic carbocycles. The number of nitrogens with one attached hydrogen (secondary N) is 1. The van der Waals surface area contributed by atoms with Crippen LogP contribution in [0.4, 0.5) is 11.4 Å². The van der Waals surface area contributed by atoms with Crippen LogP contribution >= 0.6 is 0 Å². The van der Waals surface area contributed by atoms with Crippen molar-refractivity contribution in [1.82, 2.24) is 4.90 Å². The smallest absolute Gasteiger partial charge is 0.267 e. The Morgan fingerprint density at radius 2 is 1.85 bits per heavy atom. The number of fused-ring (bicyclic) bond motifs is 1. The number of anilines is 2. The van der Waals surface area contributed by atoms with E-state index in [1.807, 2.05) is 36.4 Å². The summed E-state index contributed by atoms with van der Waals surface area (Å²) in [6.07, 6.45) is 4.14. The Labute approximate surface area is 195 Å². The highest BCUT2D eigenvalue weighted by molar-refractivity contribution is 6.01. The third-order valence-corrected chi connectivity index (χ3v) is 6.24. The second-order valence-corrected chi connectivity index (χ2v) is 8.67. The van der Waals surface area contributed by atoms with Crippen LogP contribution in [-0.2, 0) is 16.0 Å². The average Bonchev–Trinajstić information content (AvgIpc) is 2.84. The highest BCUT2D eigenvalue weighted by Crippen LogP contribution is 2.36. The lowest BCUT2D eigenvalue weighted by Gasteiger charge is -2.35. The second-order valence-electron chi connectivity index (χ2n) is 8.67. The standard InChI is InChI=1S/C26H33N3O4/c1-3-20-7-10-22(11-8-20)32-18-25(30)27-21-9-12-24-23(17-21)29(26(31)19(2)33-24)16-15-28-13-5-4-6-14-28/h7-12,17,19H,3-6,13-16,18H2,1-2H3,(H,27,30). The first-order valence-electron chi connectivity index (χ1n) is 11.9. The predicted molar refractivity (Wildman–Crippen MR) is 129 cm³/mol. The van der Waals surface area contributed by atoms with Gasteiger partial charge in [-0.1, -0.05) is 25.5 Å². The zero-order chi connectivity index (χ0) is 23.2. The minimum absolute atomic E-state index is 0.0538.